The standard InChI is InChI=1S/C28H29F3N2O2/c1-5-33(4)18-32-25-15-19(2)24(14-20(25)3)27(34)35-26(16-21-10-7-6-8-11-21)22-12-9-13-23(17-22)28(29,30)31/h6-15,17-18,26H,5,16H2,1-4H3/b32-18+. The summed E-state index contributed by atoms with van der Waals surface area (Å²) in [5.41, 5.74) is 2.91. The second-order valence-electron chi connectivity index (χ2n) is 8.48. The zero-order valence-corrected chi connectivity index (χ0v) is 20.3. The van der Waals surface area contributed by atoms with Gasteiger partial charge in [0.1, 0.15) is 6.10 Å². The fourth-order valence-corrected chi connectivity index (χ4v) is 3.57. The maximum Gasteiger partial charge on any atom is 0.416 e. The summed E-state index contributed by atoms with van der Waals surface area (Å²) in [4.78, 5) is 19.6. The number of rotatable bonds is 8. The Bertz CT molecular complexity index is 1190. The summed E-state index contributed by atoms with van der Waals surface area (Å²) in [6, 6.07) is 17.7. The molecule has 1 unspecified atom stereocenters. The van der Waals surface area contributed by atoms with Gasteiger partial charge >= 0.3 is 12.1 Å². The molecular weight excluding hydrogens is 453 g/mol. The lowest BCUT2D eigenvalue weighted by molar-refractivity contribution is -0.137. The molecule has 3 aromatic rings. The summed E-state index contributed by atoms with van der Waals surface area (Å²) in [5, 5.41) is 0. The molecule has 1 atom stereocenters. The molecule has 3 rings (SSSR count). The van der Waals surface area contributed by atoms with Gasteiger partial charge in [0.15, 0.2) is 0 Å². The van der Waals surface area contributed by atoms with Crippen LogP contribution in [-0.4, -0.2) is 30.8 Å². The number of nitrogens with zero attached hydrogens (tertiary/aromatic N) is 2. The van der Waals surface area contributed by atoms with E-state index in [9.17, 15) is 18.0 Å². The average Bonchev–Trinajstić information content (AvgIpc) is 2.83. The number of carbonyl (C=O) groups is 1. The van der Waals surface area contributed by atoms with Crippen molar-refractivity contribution in [1.82, 2.24) is 4.90 Å². The maximum atomic E-state index is 13.3. The zero-order valence-electron chi connectivity index (χ0n) is 20.3. The first-order valence-corrected chi connectivity index (χ1v) is 11.4. The van der Waals surface area contributed by atoms with Crippen LogP contribution in [0.15, 0.2) is 71.7 Å². The molecule has 0 aliphatic carbocycles. The normalized spacial score (nSPS) is 12.5. The lowest BCUT2D eigenvalue weighted by atomic mass is 9.99. The molecule has 0 N–H and O–H groups in total. The lowest BCUT2D eigenvalue weighted by Crippen LogP contribution is -2.16. The highest BCUT2D eigenvalue weighted by molar-refractivity contribution is 5.92. The Morgan fingerprint density at radius 1 is 1.03 bits per heavy atom. The van der Waals surface area contributed by atoms with E-state index in [1.165, 1.54) is 6.07 Å². The van der Waals surface area contributed by atoms with E-state index >= 15 is 0 Å². The Morgan fingerprint density at radius 3 is 2.40 bits per heavy atom. The Balaban J connectivity index is 1.92. The summed E-state index contributed by atoms with van der Waals surface area (Å²) in [7, 11) is 1.91. The van der Waals surface area contributed by atoms with Crippen molar-refractivity contribution in [3.05, 3.63) is 100 Å². The monoisotopic (exact) mass is 482 g/mol. The number of aryl methyl sites for hydroxylation is 2. The number of benzene rings is 3. The number of esters is 1. The van der Waals surface area contributed by atoms with Crippen LogP contribution in [-0.2, 0) is 17.3 Å². The van der Waals surface area contributed by atoms with E-state index in [-0.39, 0.29) is 12.0 Å². The molecule has 0 saturated carbocycles. The van der Waals surface area contributed by atoms with Crippen LogP contribution in [0.5, 0.6) is 0 Å². The molecule has 35 heavy (non-hydrogen) atoms. The van der Waals surface area contributed by atoms with Gasteiger partial charge < -0.3 is 9.64 Å². The van der Waals surface area contributed by atoms with E-state index in [1.54, 1.807) is 25.4 Å². The highest BCUT2D eigenvalue weighted by Gasteiger charge is 2.31. The van der Waals surface area contributed by atoms with Crippen molar-refractivity contribution in [2.24, 2.45) is 4.99 Å². The third-order valence-electron chi connectivity index (χ3n) is 5.75. The van der Waals surface area contributed by atoms with Crippen molar-refractivity contribution in [2.45, 2.75) is 39.5 Å². The summed E-state index contributed by atoms with van der Waals surface area (Å²) in [6.07, 6.45) is -3.41. The van der Waals surface area contributed by atoms with Crippen molar-refractivity contribution in [3.63, 3.8) is 0 Å². The number of hydrogen-bond acceptors (Lipinski definition) is 3. The minimum Gasteiger partial charge on any atom is -0.454 e. The van der Waals surface area contributed by atoms with E-state index in [1.807, 2.05) is 62.2 Å². The fraction of sp³-hybridized carbons (Fsp3) is 0.286. The zero-order chi connectivity index (χ0) is 25.6. The molecule has 0 aliphatic heterocycles. The average molecular weight is 483 g/mol. The quantitative estimate of drug-likeness (QED) is 0.196. The molecule has 7 heteroatoms. The van der Waals surface area contributed by atoms with E-state index < -0.39 is 23.8 Å². The largest absolute Gasteiger partial charge is 0.454 e. The van der Waals surface area contributed by atoms with Gasteiger partial charge in [0.05, 0.1) is 23.2 Å². The van der Waals surface area contributed by atoms with Crippen molar-refractivity contribution >= 4 is 18.0 Å². The molecular formula is C28H29F3N2O2. The van der Waals surface area contributed by atoms with Gasteiger partial charge in [-0.25, -0.2) is 9.79 Å². The van der Waals surface area contributed by atoms with Crippen molar-refractivity contribution in [1.29, 1.82) is 0 Å². The molecule has 184 valence electrons. The molecule has 0 fully saturated rings. The first kappa shape index (κ1) is 26.0. The predicted molar refractivity (Wildman–Crippen MR) is 132 cm³/mol. The predicted octanol–water partition coefficient (Wildman–Crippen LogP) is 7.07. The van der Waals surface area contributed by atoms with Crippen molar-refractivity contribution < 1.29 is 22.7 Å². The van der Waals surface area contributed by atoms with Crippen LogP contribution < -0.4 is 0 Å². The first-order valence-electron chi connectivity index (χ1n) is 11.4. The van der Waals surface area contributed by atoms with Gasteiger partial charge in [0.25, 0.3) is 0 Å². The van der Waals surface area contributed by atoms with Crippen molar-refractivity contribution in [2.75, 3.05) is 13.6 Å². The molecule has 3 aromatic carbocycles. The summed E-state index contributed by atoms with van der Waals surface area (Å²) < 4.78 is 45.8. The van der Waals surface area contributed by atoms with Gasteiger partial charge in [-0.1, -0.05) is 42.5 Å². The van der Waals surface area contributed by atoms with Crippen LogP contribution in [0, 0.1) is 13.8 Å². The molecule has 0 bridgehead atoms. The number of ether oxygens (including phenoxy) is 1. The van der Waals surface area contributed by atoms with E-state index in [0.717, 1.165) is 35.5 Å². The maximum absolute atomic E-state index is 13.3. The number of halogens is 3. The Morgan fingerprint density at radius 2 is 1.74 bits per heavy atom. The number of carbonyl (C=O) groups excluding carboxylic acids is 1. The molecule has 0 heterocycles. The molecule has 0 spiro atoms. The number of aliphatic imine (C=N–C) groups is 1. The summed E-state index contributed by atoms with van der Waals surface area (Å²) in [6.45, 7) is 6.46. The molecule has 0 aliphatic rings. The Hall–Kier alpha value is -3.61. The van der Waals surface area contributed by atoms with Gasteiger partial charge in [-0.05, 0) is 67.3 Å². The number of alkyl halides is 3. The van der Waals surface area contributed by atoms with Crippen LogP contribution in [0.2, 0.25) is 0 Å². The van der Waals surface area contributed by atoms with Crippen LogP contribution in [0.1, 0.15) is 51.2 Å². The summed E-state index contributed by atoms with van der Waals surface area (Å²) >= 11 is 0. The molecule has 0 amide bonds. The molecule has 0 aromatic heterocycles. The van der Waals surface area contributed by atoms with Gasteiger partial charge in [-0.15, -0.1) is 0 Å². The third-order valence-corrected chi connectivity index (χ3v) is 5.75. The SMILES string of the molecule is CCN(C)/C=N/c1cc(C)c(C(=O)OC(Cc2ccccc2)c2cccc(C(F)(F)F)c2)cc1C. The molecule has 0 saturated heterocycles. The molecule has 4 nitrogen and oxygen atoms in total. The number of hydrogen-bond donors (Lipinski definition) is 0. The third kappa shape index (κ3) is 6.94. The van der Waals surface area contributed by atoms with Gasteiger partial charge in [-0.2, -0.15) is 13.2 Å². The van der Waals surface area contributed by atoms with Gasteiger partial charge in [0, 0.05) is 20.0 Å². The van der Waals surface area contributed by atoms with Crippen LogP contribution >= 0.6 is 0 Å². The topological polar surface area (TPSA) is 41.9 Å². The van der Waals surface area contributed by atoms with Gasteiger partial charge in [-0.3, -0.25) is 0 Å². The minimum absolute atomic E-state index is 0.248. The second-order valence-corrected chi connectivity index (χ2v) is 8.48. The highest BCUT2D eigenvalue weighted by Crippen LogP contribution is 2.33. The highest BCUT2D eigenvalue weighted by atomic mass is 19.4. The van der Waals surface area contributed by atoms with Crippen LogP contribution in [0.3, 0.4) is 0 Å². The van der Waals surface area contributed by atoms with E-state index in [2.05, 4.69) is 4.99 Å². The van der Waals surface area contributed by atoms with Crippen LogP contribution in [0.25, 0.3) is 0 Å². The van der Waals surface area contributed by atoms with Gasteiger partial charge in [0.2, 0.25) is 0 Å². The minimum atomic E-state index is -4.49. The van der Waals surface area contributed by atoms with E-state index in [0.29, 0.717) is 11.1 Å². The van der Waals surface area contributed by atoms with Crippen molar-refractivity contribution in [3.8, 4) is 0 Å². The smallest absolute Gasteiger partial charge is 0.416 e. The summed E-state index contributed by atoms with van der Waals surface area (Å²) in [5.74, 6) is -0.592. The first-order chi connectivity index (χ1) is 16.6. The lowest BCUT2D eigenvalue weighted by Gasteiger charge is -2.21. The fourth-order valence-electron chi connectivity index (χ4n) is 3.57. The second kappa shape index (κ2) is 11.2. The Kier molecular flexibility index (Phi) is 8.33. The molecule has 0 radical (unpaired) electrons. The Labute approximate surface area is 204 Å². The van der Waals surface area contributed by atoms with Crippen LogP contribution in [0.4, 0.5) is 18.9 Å². The van der Waals surface area contributed by atoms with E-state index in [4.69, 9.17) is 4.74 Å².